The maximum Gasteiger partial charge on any atom is 0.355 e. The first-order valence-electron chi connectivity index (χ1n) is 4.28. The molecular weight excluding hydrogens is 260 g/mol. The molecule has 0 unspecified atom stereocenters. The van der Waals surface area contributed by atoms with Crippen LogP contribution >= 0.6 is 27.7 Å². The molecule has 69 valence electrons. The van der Waals surface area contributed by atoms with Crippen LogP contribution in [0.25, 0.3) is 5.70 Å². The van der Waals surface area contributed by atoms with Gasteiger partial charge in [0.25, 0.3) is 0 Å². The normalized spacial score (nSPS) is 18.2. The molecule has 1 aromatic rings. The summed E-state index contributed by atoms with van der Waals surface area (Å²) >= 11 is 5.06. The molecule has 3 rings (SSSR count). The van der Waals surface area contributed by atoms with Crippen molar-refractivity contribution in [2.75, 3.05) is 0 Å². The van der Waals surface area contributed by atoms with Gasteiger partial charge in [0, 0.05) is 28.2 Å². The van der Waals surface area contributed by atoms with E-state index in [2.05, 4.69) is 33.1 Å². The number of nitrogens with two attached hydrogens (primary N) is 1. The van der Waals surface area contributed by atoms with Crippen LogP contribution in [0.4, 0.5) is 0 Å². The monoisotopic (exact) mass is 266 g/mol. The molecule has 1 aliphatic carbocycles. The zero-order valence-electron chi connectivity index (χ0n) is 7.25. The van der Waals surface area contributed by atoms with Crippen molar-refractivity contribution >= 4 is 38.6 Å². The van der Waals surface area contributed by atoms with E-state index >= 15 is 0 Å². The molecule has 0 saturated heterocycles. The van der Waals surface area contributed by atoms with Gasteiger partial charge in [0.05, 0.1) is 4.91 Å². The highest BCUT2D eigenvalue weighted by molar-refractivity contribution is 9.10. The molecule has 0 atom stereocenters. The smallest absolute Gasteiger partial charge is 0.278 e. The highest BCUT2D eigenvalue weighted by Crippen LogP contribution is 2.40. The number of halogens is 1. The molecule has 1 heterocycles. The number of nitrogens with zero attached hydrogens (tertiary/aromatic N) is 1. The van der Waals surface area contributed by atoms with Gasteiger partial charge < -0.3 is 0 Å². The Kier molecular flexibility index (Phi) is 1.76. The molecule has 2 nitrogen and oxygen atoms in total. The second kappa shape index (κ2) is 2.87. The number of allylic oxidation sites excluding steroid dienone is 1. The molecule has 1 aliphatic heterocycles. The zero-order chi connectivity index (χ0) is 9.71. The van der Waals surface area contributed by atoms with E-state index in [1.54, 1.807) is 11.8 Å². The number of hydrogen-bond acceptors (Lipinski definition) is 3. The fourth-order valence-corrected chi connectivity index (χ4v) is 3.09. The van der Waals surface area contributed by atoms with Gasteiger partial charge in [0.1, 0.15) is 0 Å². The van der Waals surface area contributed by atoms with Crippen molar-refractivity contribution in [3.8, 4) is 0 Å². The van der Waals surface area contributed by atoms with E-state index in [1.807, 2.05) is 6.07 Å². The van der Waals surface area contributed by atoms with Crippen LogP contribution in [0.15, 0.2) is 27.6 Å². The van der Waals surface area contributed by atoms with Crippen molar-refractivity contribution in [3.63, 3.8) is 0 Å². The van der Waals surface area contributed by atoms with Gasteiger partial charge in [0.15, 0.2) is 5.70 Å². The third-order valence-electron chi connectivity index (χ3n) is 2.39. The second-order valence-corrected chi connectivity index (χ2v) is 5.33. The SMILES string of the molecule is NC1=[N+]C2=C(Cc3cc(Br)ccc32)S1. The van der Waals surface area contributed by atoms with Crippen LogP contribution < -0.4 is 10.7 Å². The first-order chi connectivity index (χ1) is 6.74. The van der Waals surface area contributed by atoms with Crippen molar-refractivity contribution in [1.82, 2.24) is 4.99 Å². The molecule has 4 heteroatoms. The van der Waals surface area contributed by atoms with E-state index in [0.717, 1.165) is 16.6 Å². The lowest BCUT2D eigenvalue weighted by Gasteiger charge is -1.98. The van der Waals surface area contributed by atoms with Gasteiger partial charge in [-0.25, -0.2) is 0 Å². The molecule has 2 N–H and O–H groups in total. The van der Waals surface area contributed by atoms with E-state index in [1.165, 1.54) is 16.0 Å². The Hall–Kier alpha value is -0.740. The number of benzene rings is 1. The van der Waals surface area contributed by atoms with Crippen LogP contribution in [0.1, 0.15) is 11.1 Å². The molecule has 1 aromatic carbocycles. The first kappa shape index (κ1) is 8.56. The minimum Gasteiger partial charge on any atom is -0.278 e. The van der Waals surface area contributed by atoms with Gasteiger partial charge in [-0.2, -0.15) is 0 Å². The van der Waals surface area contributed by atoms with Gasteiger partial charge in [-0.1, -0.05) is 15.9 Å². The summed E-state index contributed by atoms with van der Waals surface area (Å²) in [5.41, 5.74) is 9.33. The molecule has 0 aromatic heterocycles. The Morgan fingerprint density at radius 1 is 1.43 bits per heavy atom. The summed E-state index contributed by atoms with van der Waals surface area (Å²) in [5.74, 6) is 0. The van der Waals surface area contributed by atoms with E-state index < -0.39 is 0 Å². The maximum atomic E-state index is 5.67. The summed E-state index contributed by atoms with van der Waals surface area (Å²) in [6.45, 7) is 0. The van der Waals surface area contributed by atoms with E-state index in [0.29, 0.717) is 5.17 Å². The zero-order valence-corrected chi connectivity index (χ0v) is 9.65. The summed E-state index contributed by atoms with van der Waals surface area (Å²) in [6.07, 6.45) is 0.971. The van der Waals surface area contributed by atoms with Crippen molar-refractivity contribution in [3.05, 3.63) is 38.7 Å². The summed E-state index contributed by atoms with van der Waals surface area (Å²) in [7, 11) is 0. The van der Waals surface area contributed by atoms with Gasteiger partial charge in [-0.05, 0) is 28.8 Å². The molecule has 0 bridgehead atoms. The van der Waals surface area contributed by atoms with Crippen molar-refractivity contribution in [2.24, 2.45) is 5.73 Å². The summed E-state index contributed by atoms with van der Waals surface area (Å²) in [4.78, 5) is 5.63. The highest BCUT2D eigenvalue weighted by Gasteiger charge is 2.33. The minimum absolute atomic E-state index is 0.670. The lowest BCUT2D eigenvalue weighted by atomic mass is 10.1. The van der Waals surface area contributed by atoms with Crippen LogP contribution in [0, 0.1) is 0 Å². The Morgan fingerprint density at radius 3 is 3.14 bits per heavy atom. The van der Waals surface area contributed by atoms with Crippen molar-refractivity contribution in [1.29, 1.82) is 0 Å². The molecule has 2 aliphatic rings. The Bertz CT molecular complexity index is 491. The van der Waals surface area contributed by atoms with Crippen LogP contribution in [0.2, 0.25) is 0 Å². The van der Waals surface area contributed by atoms with E-state index in [4.69, 9.17) is 5.73 Å². The standard InChI is InChI=1S/C10H7BrN2S/c11-6-1-2-7-5(3-6)4-8-9(7)13-10(12)14-8/h1-3H,4,12H2/q+1. The Labute approximate surface area is 94.4 Å². The number of hydrogen-bond donors (Lipinski definition) is 1. The number of fused-ring (bicyclic) bond motifs is 2. The summed E-state index contributed by atoms with van der Waals surface area (Å²) in [5, 5.41) is 0.670. The van der Waals surface area contributed by atoms with E-state index in [9.17, 15) is 0 Å². The average molecular weight is 267 g/mol. The average Bonchev–Trinajstić information content (AvgIpc) is 2.59. The van der Waals surface area contributed by atoms with Crippen LogP contribution in [-0.4, -0.2) is 5.17 Å². The van der Waals surface area contributed by atoms with Gasteiger partial charge in [0.2, 0.25) is 0 Å². The summed E-state index contributed by atoms with van der Waals surface area (Å²) < 4.78 is 1.12. The fraction of sp³-hybridized carbons (Fsp3) is 0.100. The topological polar surface area (TPSA) is 40.1 Å². The van der Waals surface area contributed by atoms with Gasteiger partial charge in [-0.15, -0.1) is 0 Å². The predicted molar refractivity (Wildman–Crippen MR) is 63.7 cm³/mol. The number of amidine groups is 1. The molecule has 0 amide bonds. The van der Waals surface area contributed by atoms with Crippen LogP contribution in [0.5, 0.6) is 0 Å². The largest absolute Gasteiger partial charge is 0.355 e. The molecular formula is C10H7BrN2S+. The van der Waals surface area contributed by atoms with E-state index in [-0.39, 0.29) is 0 Å². The van der Waals surface area contributed by atoms with Crippen molar-refractivity contribution in [2.45, 2.75) is 6.42 Å². The van der Waals surface area contributed by atoms with Gasteiger partial charge in [-0.3, -0.25) is 5.73 Å². The quantitative estimate of drug-likeness (QED) is 0.781. The second-order valence-electron chi connectivity index (χ2n) is 3.30. The Morgan fingerprint density at radius 2 is 2.29 bits per heavy atom. The Balaban J connectivity index is 2.15. The first-order valence-corrected chi connectivity index (χ1v) is 5.89. The van der Waals surface area contributed by atoms with Crippen molar-refractivity contribution < 1.29 is 0 Å². The maximum absolute atomic E-state index is 5.67. The lowest BCUT2D eigenvalue weighted by molar-refractivity contribution is 1.28. The number of aliphatic imine (C=N–C) groups is 1. The molecule has 0 saturated carbocycles. The molecule has 1 radical (unpaired) electrons. The predicted octanol–water partition coefficient (Wildman–Crippen LogP) is 2.07. The molecule has 14 heavy (non-hydrogen) atoms. The van der Waals surface area contributed by atoms with Gasteiger partial charge >= 0.3 is 5.17 Å². The number of rotatable bonds is 0. The van der Waals surface area contributed by atoms with Crippen LogP contribution in [0.3, 0.4) is 0 Å². The third-order valence-corrected chi connectivity index (χ3v) is 3.77. The lowest BCUT2D eigenvalue weighted by Crippen LogP contribution is -2.10. The third kappa shape index (κ3) is 1.14. The highest BCUT2D eigenvalue weighted by atomic mass is 79.9. The molecule has 0 fully saturated rings. The number of thioether (sulfide) groups is 1. The summed E-state index contributed by atoms with van der Waals surface area (Å²) in [6, 6.07) is 6.30. The minimum atomic E-state index is 0.670. The molecule has 0 spiro atoms. The fourth-order valence-electron chi connectivity index (χ4n) is 1.81. The van der Waals surface area contributed by atoms with Crippen LogP contribution in [-0.2, 0) is 6.42 Å².